The number of nitrogens with one attached hydrogen (secondary N) is 1. The maximum Gasteiger partial charge on any atom is 0.404 e. The normalized spacial score (nSPS) is 13.1. The van der Waals surface area contributed by atoms with E-state index in [4.69, 9.17) is 0 Å². The summed E-state index contributed by atoms with van der Waals surface area (Å²) in [7, 11) is -4.53. The van der Waals surface area contributed by atoms with Gasteiger partial charge in [-0.25, -0.2) is 23.4 Å². The lowest BCUT2D eigenvalue weighted by atomic mass is 10.1. The van der Waals surface area contributed by atoms with Crippen molar-refractivity contribution in [3.05, 3.63) is 66.1 Å². The van der Waals surface area contributed by atoms with E-state index in [1.807, 2.05) is 19.1 Å². The lowest BCUT2D eigenvalue weighted by Crippen LogP contribution is -2.43. The molecule has 8 nitrogen and oxygen atoms in total. The van der Waals surface area contributed by atoms with Gasteiger partial charge in [0.05, 0.1) is 23.5 Å². The molecule has 0 saturated heterocycles. The Bertz CT molecular complexity index is 1510. The number of hydrogen-bond acceptors (Lipinski definition) is 6. The Morgan fingerprint density at radius 3 is 2.41 bits per heavy atom. The second-order valence-corrected chi connectivity index (χ2v) is 9.22. The molecular formula is C22H17F3N6O2S. The molecule has 34 heavy (non-hydrogen) atoms. The number of nitriles is 1. The van der Waals surface area contributed by atoms with E-state index in [9.17, 15) is 26.9 Å². The van der Waals surface area contributed by atoms with Crippen molar-refractivity contribution in [2.24, 2.45) is 0 Å². The zero-order valence-electron chi connectivity index (χ0n) is 17.9. The van der Waals surface area contributed by atoms with E-state index in [1.54, 1.807) is 39.8 Å². The van der Waals surface area contributed by atoms with Crippen LogP contribution in [0.3, 0.4) is 0 Å². The summed E-state index contributed by atoms with van der Waals surface area (Å²) in [6.45, 7) is 2.59. The monoisotopic (exact) mass is 486 g/mol. The second-order valence-electron chi connectivity index (χ2n) is 7.51. The van der Waals surface area contributed by atoms with Crippen LogP contribution in [-0.4, -0.2) is 40.2 Å². The highest BCUT2D eigenvalue weighted by molar-refractivity contribution is 7.89. The van der Waals surface area contributed by atoms with Crippen molar-refractivity contribution in [3.63, 3.8) is 0 Å². The highest BCUT2D eigenvalue weighted by atomic mass is 32.2. The number of nitrogens with zero attached hydrogens (tertiary/aromatic N) is 5. The molecule has 0 amide bonds. The summed E-state index contributed by atoms with van der Waals surface area (Å²) in [6.07, 6.45) is -1.37. The molecule has 1 N–H and O–H groups in total. The molecule has 1 aromatic carbocycles. The minimum Gasteiger partial charge on any atom is -0.289 e. The molecule has 0 aliphatic heterocycles. The predicted molar refractivity (Wildman–Crippen MR) is 117 cm³/mol. The smallest absolute Gasteiger partial charge is 0.289 e. The van der Waals surface area contributed by atoms with Crippen molar-refractivity contribution in [1.29, 1.82) is 5.26 Å². The topological polar surface area (TPSA) is 114 Å². The molecule has 0 bridgehead atoms. The van der Waals surface area contributed by atoms with E-state index in [0.717, 1.165) is 18.0 Å². The summed E-state index contributed by atoms with van der Waals surface area (Å²) >= 11 is 0. The number of pyridine rings is 1. The molecule has 0 saturated carbocycles. The van der Waals surface area contributed by atoms with Crippen LogP contribution < -0.4 is 4.72 Å². The van der Waals surface area contributed by atoms with Gasteiger partial charge in [0.2, 0.25) is 10.0 Å². The van der Waals surface area contributed by atoms with Crippen molar-refractivity contribution in [3.8, 4) is 23.4 Å². The van der Waals surface area contributed by atoms with Crippen molar-refractivity contribution in [1.82, 2.24) is 24.2 Å². The fourth-order valence-electron chi connectivity index (χ4n) is 3.39. The van der Waals surface area contributed by atoms with Crippen molar-refractivity contribution >= 4 is 20.9 Å². The highest BCUT2D eigenvalue weighted by Crippen LogP contribution is 2.34. The summed E-state index contributed by atoms with van der Waals surface area (Å²) in [4.78, 5) is 12.0. The standard InChI is InChI=1S/C22H17F3N6O2S/c1-13-6-7-16-17(10-26)20(31(18(16)9-13)19-5-3-4-8-27-19)21-28-11-15(12-29-21)34(32,33)30-14(2)22(23,24)25/h3-9,11-12,14,30H,1-2H3. The van der Waals surface area contributed by atoms with E-state index < -0.39 is 27.1 Å². The van der Waals surface area contributed by atoms with Gasteiger partial charge >= 0.3 is 6.18 Å². The fraction of sp³-hybridized carbons (Fsp3) is 0.182. The molecular weight excluding hydrogens is 469 g/mol. The average molecular weight is 486 g/mol. The molecule has 3 aromatic heterocycles. The van der Waals surface area contributed by atoms with Crippen LogP contribution in [0.2, 0.25) is 0 Å². The van der Waals surface area contributed by atoms with E-state index >= 15 is 0 Å². The van der Waals surface area contributed by atoms with E-state index in [-0.39, 0.29) is 17.1 Å². The molecule has 174 valence electrons. The third kappa shape index (κ3) is 4.23. The highest BCUT2D eigenvalue weighted by Gasteiger charge is 2.39. The van der Waals surface area contributed by atoms with Crippen LogP contribution in [-0.2, 0) is 10.0 Å². The van der Waals surface area contributed by atoms with Crippen LogP contribution >= 0.6 is 0 Å². The van der Waals surface area contributed by atoms with Gasteiger partial charge < -0.3 is 0 Å². The number of fused-ring (bicyclic) bond motifs is 1. The van der Waals surface area contributed by atoms with Crippen LogP contribution in [0.4, 0.5) is 13.2 Å². The molecule has 1 unspecified atom stereocenters. The number of rotatable bonds is 5. The van der Waals surface area contributed by atoms with Gasteiger partial charge in [0.25, 0.3) is 0 Å². The fourth-order valence-corrected chi connectivity index (χ4v) is 4.51. The lowest BCUT2D eigenvalue weighted by molar-refractivity contribution is -0.147. The molecule has 4 aromatic rings. The van der Waals surface area contributed by atoms with Gasteiger partial charge in [-0.05, 0) is 37.6 Å². The van der Waals surface area contributed by atoms with Crippen LogP contribution in [0.15, 0.2) is 59.9 Å². The quantitative estimate of drug-likeness (QED) is 0.458. The van der Waals surface area contributed by atoms with Crippen molar-refractivity contribution in [2.75, 3.05) is 0 Å². The van der Waals surface area contributed by atoms with Crippen LogP contribution in [0.5, 0.6) is 0 Å². The third-order valence-electron chi connectivity index (χ3n) is 5.09. The minimum absolute atomic E-state index is 0.0128. The van der Waals surface area contributed by atoms with Gasteiger partial charge in [-0.2, -0.15) is 23.2 Å². The Morgan fingerprint density at radius 2 is 1.82 bits per heavy atom. The van der Waals surface area contributed by atoms with Gasteiger partial charge in [0.15, 0.2) is 5.82 Å². The number of hydrogen-bond donors (Lipinski definition) is 1. The maximum absolute atomic E-state index is 12.8. The third-order valence-corrected chi connectivity index (χ3v) is 6.58. The Balaban J connectivity index is 1.87. The first-order valence-corrected chi connectivity index (χ1v) is 11.4. The van der Waals surface area contributed by atoms with Gasteiger partial charge in [0, 0.05) is 11.6 Å². The maximum atomic E-state index is 12.8. The predicted octanol–water partition coefficient (Wildman–Crippen LogP) is 3.89. The minimum atomic E-state index is -4.75. The lowest BCUT2D eigenvalue weighted by Gasteiger charge is -2.17. The zero-order chi connectivity index (χ0) is 24.7. The molecule has 0 radical (unpaired) electrons. The molecule has 0 aliphatic rings. The summed E-state index contributed by atoms with van der Waals surface area (Å²) in [5, 5.41) is 10.5. The Kier molecular flexibility index (Phi) is 5.84. The number of aryl methyl sites for hydroxylation is 1. The second kappa shape index (κ2) is 8.51. The summed E-state index contributed by atoms with van der Waals surface area (Å²) < 4.78 is 66.4. The molecule has 0 fully saturated rings. The first kappa shape index (κ1) is 23.3. The zero-order valence-corrected chi connectivity index (χ0v) is 18.7. The van der Waals surface area contributed by atoms with Crippen molar-refractivity contribution in [2.45, 2.75) is 31.0 Å². The Hall–Kier alpha value is -3.82. The van der Waals surface area contributed by atoms with Gasteiger partial charge in [0.1, 0.15) is 28.5 Å². The van der Waals surface area contributed by atoms with Crippen LogP contribution in [0, 0.1) is 18.3 Å². The van der Waals surface area contributed by atoms with E-state index in [1.165, 1.54) is 0 Å². The van der Waals surface area contributed by atoms with E-state index in [2.05, 4.69) is 21.0 Å². The van der Waals surface area contributed by atoms with Crippen LogP contribution in [0.1, 0.15) is 18.1 Å². The largest absolute Gasteiger partial charge is 0.404 e. The summed E-state index contributed by atoms with van der Waals surface area (Å²) in [5.74, 6) is 0.495. The first-order valence-electron chi connectivity index (χ1n) is 9.91. The molecule has 0 spiro atoms. The summed E-state index contributed by atoms with van der Waals surface area (Å²) in [6, 6.07) is 10.6. The number of alkyl halides is 3. The molecule has 1 atom stereocenters. The summed E-state index contributed by atoms with van der Waals surface area (Å²) in [5.41, 5.74) is 2.14. The number of benzene rings is 1. The van der Waals surface area contributed by atoms with Gasteiger partial charge in [-0.1, -0.05) is 18.2 Å². The van der Waals surface area contributed by atoms with Crippen molar-refractivity contribution < 1.29 is 21.6 Å². The van der Waals surface area contributed by atoms with Gasteiger partial charge in [-0.3, -0.25) is 4.57 Å². The Morgan fingerprint density at radius 1 is 1.12 bits per heavy atom. The van der Waals surface area contributed by atoms with Crippen LogP contribution in [0.25, 0.3) is 28.2 Å². The molecule has 3 heterocycles. The molecule has 12 heteroatoms. The number of halogens is 3. The van der Waals surface area contributed by atoms with Gasteiger partial charge in [-0.15, -0.1) is 0 Å². The number of aromatic nitrogens is 4. The average Bonchev–Trinajstić information content (AvgIpc) is 3.12. The molecule has 4 rings (SSSR count). The first-order chi connectivity index (χ1) is 16.0. The van der Waals surface area contributed by atoms with E-state index in [0.29, 0.717) is 23.6 Å². The SMILES string of the molecule is Cc1ccc2c(C#N)c(-c3ncc(S(=O)(=O)NC(C)C(F)(F)F)cn3)n(-c3ccccn3)c2c1. The molecule has 0 aliphatic carbocycles. The Labute approximate surface area is 192 Å². The number of sulfonamides is 1.